The summed E-state index contributed by atoms with van der Waals surface area (Å²) >= 11 is 0. The normalized spacial score (nSPS) is 14.1. The predicted molar refractivity (Wildman–Crippen MR) is 264 cm³/mol. The molecule has 0 radical (unpaired) electrons. The van der Waals surface area contributed by atoms with E-state index in [-0.39, 0.29) is 21.1 Å². The third-order valence-electron chi connectivity index (χ3n) is 12.8. The Labute approximate surface area is 401 Å². The van der Waals surface area contributed by atoms with Gasteiger partial charge in [-0.2, -0.15) is 18.8 Å². The van der Waals surface area contributed by atoms with E-state index in [0.717, 1.165) is 50.7 Å². The Morgan fingerprint density at radius 1 is 0.439 bits per heavy atom. The summed E-state index contributed by atoms with van der Waals surface area (Å²) in [5.74, 6) is 1.21. The zero-order valence-corrected chi connectivity index (χ0v) is 38.3. The summed E-state index contributed by atoms with van der Waals surface area (Å²) < 4.78 is 6.47. The minimum absolute atomic E-state index is 0. The van der Waals surface area contributed by atoms with Crippen molar-refractivity contribution in [2.75, 3.05) is 21.7 Å². The molecular formula is C60H42N4OPt. The number of fused-ring (bicyclic) bond motifs is 4. The molecule has 6 heteroatoms. The Kier molecular flexibility index (Phi) is 10.6. The van der Waals surface area contributed by atoms with Crippen LogP contribution < -0.4 is 19.4 Å². The summed E-state index contributed by atoms with van der Waals surface area (Å²) in [5.41, 5.74) is 16.4. The smallest absolute Gasteiger partial charge is 0.510 e. The van der Waals surface area contributed by atoms with Gasteiger partial charge in [0, 0.05) is 39.7 Å². The maximum Gasteiger partial charge on any atom is 4.00 e. The van der Waals surface area contributed by atoms with Crippen molar-refractivity contribution in [1.29, 1.82) is 0 Å². The molecule has 0 fully saturated rings. The van der Waals surface area contributed by atoms with Crippen molar-refractivity contribution in [2.24, 2.45) is 0 Å². The maximum absolute atomic E-state index is 6.47. The Morgan fingerprint density at radius 2 is 0.939 bits per heavy atom. The van der Waals surface area contributed by atoms with E-state index in [1.165, 1.54) is 33.4 Å². The third kappa shape index (κ3) is 6.90. The zero-order chi connectivity index (χ0) is 43.3. The van der Waals surface area contributed by atoms with Crippen molar-refractivity contribution in [3.8, 4) is 44.9 Å². The average molecular weight is 1030 g/mol. The second-order valence-electron chi connectivity index (χ2n) is 16.6. The SMILES string of the molecule is CN1C=CN(c2[c-]c(Oc3[c-]c(N4[CH-]N(c5c(-c6ccccc6)cc(C6(c7ccccc7)c7ccccc7-c7ccccc76)cc5-c5ccccc5)c5ccccc54)ccc3)ccc2)[CH-]1.[Pt+4]. The van der Waals surface area contributed by atoms with Gasteiger partial charge in [0.15, 0.2) is 0 Å². The molecule has 1 aliphatic carbocycles. The topological polar surface area (TPSA) is 22.2 Å². The van der Waals surface area contributed by atoms with E-state index in [4.69, 9.17) is 4.74 Å². The van der Waals surface area contributed by atoms with Crippen molar-refractivity contribution >= 4 is 28.4 Å². The molecule has 318 valence electrons. The Morgan fingerprint density at radius 3 is 1.52 bits per heavy atom. The first-order valence-corrected chi connectivity index (χ1v) is 22.0. The van der Waals surface area contributed by atoms with Crippen LogP contribution in [0.4, 0.5) is 28.4 Å². The standard InChI is InChI=1S/C60H42N4O.Pt/c1-61-35-36-62(41-61)47-25-17-27-49(39-47)65-50-28-18-26-48(40-50)63-42-64(58-34-16-15-33-57(58)63)59-53(43-19-5-2-6-20-43)37-46(38-54(59)44-21-7-3-8-22-44)60(45-23-9-4-10-24-45)55-31-13-11-29-51(55)52-30-12-14-32-56(52)60;/h2-38,41-42H,1H3;/q-4;+4. The number of ether oxygens (including phenoxy) is 1. The molecule has 3 aliphatic rings. The molecule has 0 unspecified atom stereocenters. The van der Waals surface area contributed by atoms with Crippen molar-refractivity contribution in [3.05, 3.63) is 272 Å². The van der Waals surface area contributed by atoms with E-state index in [9.17, 15) is 0 Å². The molecule has 5 nitrogen and oxygen atoms in total. The van der Waals surface area contributed by atoms with E-state index in [0.29, 0.717) is 11.5 Å². The largest absolute Gasteiger partial charge is 4.00 e. The van der Waals surface area contributed by atoms with Gasteiger partial charge < -0.3 is 24.3 Å². The number of benzene rings is 9. The van der Waals surface area contributed by atoms with Crippen molar-refractivity contribution in [2.45, 2.75) is 5.41 Å². The van der Waals surface area contributed by atoms with Crippen LogP contribution in [0.25, 0.3) is 33.4 Å². The molecule has 0 atom stereocenters. The van der Waals surface area contributed by atoms with Crippen LogP contribution in [0.15, 0.2) is 225 Å². The minimum Gasteiger partial charge on any atom is -0.510 e. The first-order valence-electron chi connectivity index (χ1n) is 22.0. The summed E-state index contributed by atoms with van der Waals surface area (Å²) in [4.78, 5) is 8.60. The van der Waals surface area contributed by atoms with E-state index in [2.05, 4.69) is 211 Å². The average Bonchev–Trinajstić information content (AvgIpc) is 4.07. The van der Waals surface area contributed by atoms with Crippen molar-refractivity contribution in [1.82, 2.24) is 4.90 Å². The number of nitrogens with zero attached hydrogens (tertiary/aromatic N) is 4. The van der Waals surface area contributed by atoms with Gasteiger partial charge in [-0.15, -0.1) is 54.4 Å². The minimum atomic E-state index is -0.592. The second-order valence-corrected chi connectivity index (χ2v) is 16.6. The number of anilines is 5. The number of hydrogen-bond donors (Lipinski definition) is 0. The molecule has 0 bridgehead atoms. The molecule has 66 heavy (non-hydrogen) atoms. The van der Waals surface area contributed by atoms with E-state index >= 15 is 0 Å². The Balaban J connectivity index is 0.00000481. The van der Waals surface area contributed by atoms with Gasteiger partial charge >= 0.3 is 21.1 Å². The predicted octanol–water partition coefficient (Wildman–Crippen LogP) is 14.5. The van der Waals surface area contributed by atoms with Gasteiger partial charge in [-0.05, 0) is 88.2 Å². The summed E-state index contributed by atoms with van der Waals surface area (Å²) in [6.45, 7) is 4.21. The van der Waals surface area contributed by atoms with E-state index in [1.54, 1.807) is 0 Å². The van der Waals surface area contributed by atoms with Gasteiger partial charge in [-0.3, -0.25) is 0 Å². The second kappa shape index (κ2) is 17.1. The van der Waals surface area contributed by atoms with Gasteiger partial charge in [0.2, 0.25) is 0 Å². The summed E-state index contributed by atoms with van der Waals surface area (Å²) in [6.07, 6.45) is 4.00. The van der Waals surface area contributed by atoms with Crippen LogP contribution in [0.1, 0.15) is 22.3 Å². The van der Waals surface area contributed by atoms with E-state index < -0.39 is 5.41 Å². The molecule has 2 heterocycles. The molecular weight excluding hydrogens is 988 g/mol. The number of rotatable bonds is 9. The third-order valence-corrected chi connectivity index (χ3v) is 12.8. The number of para-hydroxylation sites is 2. The van der Waals surface area contributed by atoms with Gasteiger partial charge in [-0.25, -0.2) is 0 Å². The van der Waals surface area contributed by atoms with E-state index in [1.807, 2.05) is 66.2 Å². The van der Waals surface area contributed by atoms with Gasteiger partial charge in [0.1, 0.15) is 0 Å². The fraction of sp³-hybridized carbons (Fsp3) is 0.0333. The molecule has 2 aliphatic heterocycles. The molecule has 0 saturated carbocycles. The van der Waals surface area contributed by atoms with Gasteiger partial charge in [-0.1, -0.05) is 152 Å². The van der Waals surface area contributed by atoms with Crippen LogP contribution >= 0.6 is 0 Å². The van der Waals surface area contributed by atoms with Crippen molar-refractivity contribution < 1.29 is 25.8 Å². The van der Waals surface area contributed by atoms with Gasteiger partial charge in [0.25, 0.3) is 0 Å². The molecule has 0 spiro atoms. The Hall–Kier alpha value is -7.59. The van der Waals surface area contributed by atoms with Crippen LogP contribution in [0.3, 0.4) is 0 Å². The zero-order valence-electron chi connectivity index (χ0n) is 36.0. The summed E-state index contributed by atoms with van der Waals surface area (Å²) in [7, 11) is 2.00. The van der Waals surface area contributed by atoms with Crippen LogP contribution in [0.5, 0.6) is 11.5 Å². The molecule has 12 rings (SSSR count). The quantitative estimate of drug-likeness (QED) is 0.134. The van der Waals surface area contributed by atoms with Crippen LogP contribution in [0.2, 0.25) is 0 Å². The molecule has 0 N–H and O–H groups in total. The number of hydrogen-bond acceptors (Lipinski definition) is 5. The monoisotopic (exact) mass is 1030 g/mol. The van der Waals surface area contributed by atoms with Crippen LogP contribution in [0, 0.1) is 25.5 Å². The molecule has 0 amide bonds. The van der Waals surface area contributed by atoms with Gasteiger partial charge in [0.05, 0.1) is 5.41 Å². The molecule has 9 aromatic rings. The molecule has 9 aromatic carbocycles. The molecule has 0 aromatic heterocycles. The fourth-order valence-electron chi connectivity index (χ4n) is 9.97. The summed E-state index contributed by atoms with van der Waals surface area (Å²) in [5, 5.41) is 0. The Bertz CT molecular complexity index is 3140. The maximum atomic E-state index is 6.47. The first-order chi connectivity index (χ1) is 32.1. The van der Waals surface area contributed by atoms with Crippen LogP contribution in [-0.4, -0.2) is 11.9 Å². The first kappa shape index (κ1) is 41.1. The molecule has 0 saturated heterocycles. The fourth-order valence-corrected chi connectivity index (χ4v) is 9.97. The van der Waals surface area contributed by atoms with Crippen molar-refractivity contribution in [3.63, 3.8) is 0 Å². The summed E-state index contributed by atoms with van der Waals surface area (Å²) in [6, 6.07) is 83.2. The van der Waals surface area contributed by atoms with Crippen LogP contribution in [-0.2, 0) is 26.5 Å².